The number of aromatic nitrogens is 3. The van der Waals surface area contributed by atoms with E-state index in [-0.39, 0.29) is 22.9 Å². The van der Waals surface area contributed by atoms with Crippen molar-refractivity contribution in [1.82, 2.24) is 18.9 Å². The van der Waals surface area contributed by atoms with Crippen molar-refractivity contribution in [3.05, 3.63) is 45.4 Å². The molecule has 11 nitrogen and oxygen atoms in total. The maximum Gasteiger partial charge on any atom is 0.275 e. The Bertz CT molecular complexity index is 1500. The average molecular weight is 560 g/mol. The van der Waals surface area contributed by atoms with E-state index in [1.165, 1.54) is 22.7 Å². The van der Waals surface area contributed by atoms with Crippen LogP contribution in [0.3, 0.4) is 0 Å². The van der Waals surface area contributed by atoms with Crippen molar-refractivity contribution in [3.8, 4) is 17.1 Å². The fraction of sp³-hybridized carbons (Fsp3) is 0.519. The number of benzene rings is 1. The Balaban J connectivity index is 1.85. The average Bonchev–Trinajstić information content (AvgIpc) is 3.22. The van der Waals surface area contributed by atoms with E-state index < -0.39 is 10.0 Å². The Labute approximate surface area is 228 Å². The second kappa shape index (κ2) is 12.3. The fourth-order valence-electron chi connectivity index (χ4n) is 5.39. The lowest BCUT2D eigenvalue weighted by Crippen LogP contribution is -2.38. The summed E-state index contributed by atoms with van der Waals surface area (Å²) in [6, 6.07) is 4.62. The van der Waals surface area contributed by atoms with Gasteiger partial charge in [-0.2, -0.15) is 4.31 Å². The molecular weight excluding hydrogens is 522 g/mol. The maximum absolute atomic E-state index is 13.6. The van der Waals surface area contributed by atoms with Crippen molar-refractivity contribution in [1.29, 1.82) is 0 Å². The highest BCUT2D eigenvalue weighted by molar-refractivity contribution is 7.89. The second-order valence-electron chi connectivity index (χ2n) is 9.70. The van der Waals surface area contributed by atoms with Gasteiger partial charge in [0.25, 0.3) is 5.56 Å². The first-order valence-corrected chi connectivity index (χ1v) is 15.0. The van der Waals surface area contributed by atoms with Crippen molar-refractivity contribution in [2.24, 2.45) is 11.1 Å². The molecule has 0 saturated carbocycles. The summed E-state index contributed by atoms with van der Waals surface area (Å²) >= 11 is 0. The Hall–Kier alpha value is -3.22. The van der Waals surface area contributed by atoms with Crippen LogP contribution in [0.15, 0.2) is 33.0 Å². The Kier molecular flexibility index (Phi) is 9.08. The molecule has 1 fully saturated rings. The summed E-state index contributed by atoms with van der Waals surface area (Å²) in [5.41, 5.74) is 2.46. The standard InChI is InChI=1S/C27H37N5O6S/c1-4-7-23-22(17-28-35)20(5-2)25-27(34)29-26(30-32(23)25)21-16-19(8-9-24(21)38-6-3)39(36,37)31-13-10-18(11-14-31)12-15-33/h8-9,16-18,33,35H,4-7,10-15H2,1-3H3,(H,29,30,34)/b28-17+. The quantitative estimate of drug-likeness (QED) is 0.185. The van der Waals surface area contributed by atoms with Gasteiger partial charge in [-0.15, -0.1) is 5.10 Å². The van der Waals surface area contributed by atoms with E-state index in [0.29, 0.717) is 80.1 Å². The molecule has 1 aliphatic rings. The number of aryl methyl sites for hydroxylation is 2. The predicted molar refractivity (Wildman–Crippen MR) is 148 cm³/mol. The monoisotopic (exact) mass is 559 g/mol. The number of rotatable bonds is 11. The van der Waals surface area contributed by atoms with Gasteiger partial charge in [0.2, 0.25) is 10.0 Å². The number of nitrogens with zero attached hydrogens (tertiary/aromatic N) is 4. The number of hydrogen-bond donors (Lipinski definition) is 3. The second-order valence-corrected chi connectivity index (χ2v) is 11.6. The van der Waals surface area contributed by atoms with Crippen LogP contribution in [0.2, 0.25) is 0 Å². The summed E-state index contributed by atoms with van der Waals surface area (Å²) in [4.78, 5) is 16.3. The van der Waals surface area contributed by atoms with Crippen LogP contribution in [0.25, 0.3) is 16.9 Å². The molecule has 39 heavy (non-hydrogen) atoms. The first-order valence-electron chi connectivity index (χ1n) is 13.5. The third kappa shape index (κ3) is 5.59. The number of hydrogen-bond acceptors (Lipinski definition) is 8. The molecule has 212 valence electrons. The summed E-state index contributed by atoms with van der Waals surface area (Å²) in [6.45, 7) is 6.96. The SMILES string of the molecule is CCCc1c(/C=N/O)c(CC)c2c(=O)[nH]c(-c3cc(S(=O)(=O)N4CCC(CCO)CC4)ccc3OCC)nn12. The molecule has 0 unspecified atom stereocenters. The molecule has 0 spiro atoms. The summed E-state index contributed by atoms with van der Waals surface area (Å²) in [5, 5.41) is 26.5. The van der Waals surface area contributed by atoms with Crippen LogP contribution in [0, 0.1) is 5.92 Å². The number of aliphatic hydroxyl groups is 1. The van der Waals surface area contributed by atoms with Crippen molar-refractivity contribution in [2.75, 3.05) is 26.3 Å². The van der Waals surface area contributed by atoms with Crippen molar-refractivity contribution < 1.29 is 23.5 Å². The number of ether oxygens (including phenoxy) is 1. The first-order chi connectivity index (χ1) is 18.8. The normalized spacial score (nSPS) is 15.5. The molecule has 0 aliphatic carbocycles. The first kappa shape index (κ1) is 28.8. The molecule has 1 aliphatic heterocycles. The maximum atomic E-state index is 13.6. The topological polar surface area (TPSA) is 150 Å². The minimum Gasteiger partial charge on any atom is -0.493 e. The van der Waals surface area contributed by atoms with Gasteiger partial charge in [0, 0.05) is 25.3 Å². The minimum atomic E-state index is -3.80. The number of H-pyrrole nitrogens is 1. The third-order valence-corrected chi connectivity index (χ3v) is 9.21. The third-order valence-electron chi connectivity index (χ3n) is 7.32. The summed E-state index contributed by atoms with van der Waals surface area (Å²) < 4.78 is 36.0. The zero-order chi connectivity index (χ0) is 28.2. The number of fused-ring (bicyclic) bond motifs is 1. The molecule has 0 amide bonds. The van der Waals surface area contributed by atoms with E-state index in [1.54, 1.807) is 10.6 Å². The van der Waals surface area contributed by atoms with Gasteiger partial charge in [0.1, 0.15) is 11.3 Å². The van der Waals surface area contributed by atoms with Gasteiger partial charge in [-0.05, 0) is 68.7 Å². The molecule has 0 atom stereocenters. The van der Waals surface area contributed by atoms with Crippen molar-refractivity contribution >= 4 is 21.8 Å². The van der Waals surface area contributed by atoms with Crippen LogP contribution < -0.4 is 10.3 Å². The zero-order valence-electron chi connectivity index (χ0n) is 22.7. The van der Waals surface area contributed by atoms with Crippen molar-refractivity contribution in [2.45, 2.75) is 64.2 Å². The highest BCUT2D eigenvalue weighted by Crippen LogP contribution is 2.33. The predicted octanol–water partition coefficient (Wildman–Crippen LogP) is 3.19. The number of aliphatic hydroxyl groups excluding tert-OH is 1. The van der Waals surface area contributed by atoms with Crippen LogP contribution in [0.5, 0.6) is 5.75 Å². The fourth-order valence-corrected chi connectivity index (χ4v) is 6.88. The molecular formula is C27H37N5O6S. The molecule has 1 saturated heterocycles. The Morgan fingerprint density at radius 1 is 1.23 bits per heavy atom. The smallest absolute Gasteiger partial charge is 0.275 e. The number of oxime groups is 1. The number of sulfonamides is 1. The van der Waals surface area contributed by atoms with Crippen LogP contribution in [0.4, 0.5) is 0 Å². The molecule has 0 bridgehead atoms. The van der Waals surface area contributed by atoms with E-state index in [2.05, 4.69) is 10.1 Å². The van der Waals surface area contributed by atoms with Crippen LogP contribution >= 0.6 is 0 Å². The Morgan fingerprint density at radius 3 is 2.59 bits per heavy atom. The minimum absolute atomic E-state index is 0.0907. The molecule has 3 aromatic rings. The number of piperidine rings is 1. The van der Waals surface area contributed by atoms with Crippen LogP contribution in [-0.2, 0) is 22.9 Å². The van der Waals surface area contributed by atoms with Gasteiger partial charge in [0.05, 0.1) is 29.0 Å². The van der Waals surface area contributed by atoms with Gasteiger partial charge in [-0.25, -0.2) is 12.9 Å². The van der Waals surface area contributed by atoms with Gasteiger partial charge < -0.3 is 20.0 Å². The zero-order valence-corrected chi connectivity index (χ0v) is 23.5. The van der Waals surface area contributed by atoms with Gasteiger partial charge >= 0.3 is 0 Å². The lowest BCUT2D eigenvalue weighted by Gasteiger charge is -2.31. The molecule has 2 aromatic heterocycles. The molecule has 1 aromatic carbocycles. The molecule has 3 N–H and O–H groups in total. The molecule has 3 heterocycles. The van der Waals surface area contributed by atoms with Gasteiger partial charge in [0.15, 0.2) is 5.82 Å². The van der Waals surface area contributed by atoms with E-state index >= 15 is 0 Å². The summed E-state index contributed by atoms with van der Waals surface area (Å²) in [5.74, 6) is 0.890. The van der Waals surface area contributed by atoms with Crippen molar-refractivity contribution in [3.63, 3.8) is 0 Å². The van der Waals surface area contributed by atoms with E-state index in [0.717, 1.165) is 17.7 Å². The molecule has 4 rings (SSSR count). The number of nitrogens with one attached hydrogen (secondary N) is 1. The van der Waals surface area contributed by atoms with E-state index in [9.17, 15) is 23.5 Å². The van der Waals surface area contributed by atoms with Crippen LogP contribution in [0.1, 0.15) is 63.3 Å². The van der Waals surface area contributed by atoms with Crippen LogP contribution in [-0.4, -0.2) is 70.2 Å². The highest BCUT2D eigenvalue weighted by atomic mass is 32.2. The molecule has 12 heteroatoms. The largest absolute Gasteiger partial charge is 0.493 e. The number of aromatic amines is 1. The lowest BCUT2D eigenvalue weighted by molar-refractivity contribution is 0.208. The highest BCUT2D eigenvalue weighted by Gasteiger charge is 2.30. The lowest BCUT2D eigenvalue weighted by atomic mass is 9.95. The summed E-state index contributed by atoms with van der Waals surface area (Å²) in [6.07, 6.45) is 5.31. The van der Waals surface area contributed by atoms with Gasteiger partial charge in [-0.1, -0.05) is 25.4 Å². The molecule has 0 radical (unpaired) electrons. The van der Waals surface area contributed by atoms with E-state index in [1.807, 2.05) is 20.8 Å². The Morgan fingerprint density at radius 2 is 1.97 bits per heavy atom. The summed E-state index contributed by atoms with van der Waals surface area (Å²) in [7, 11) is -3.80. The van der Waals surface area contributed by atoms with E-state index in [4.69, 9.17) is 9.84 Å². The van der Waals surface area contributed by atoms with Gasteiger partial charge in [-0.3, -0.25) is 4.79 Å².